The van der Waals surface area contributed by atoms with Crippen LogP contribution in [0.25, 0.3) is 10.8 Å². The van der Waals surface area contributed by atoms with Gasteiger partial charge in [-0.1, -0.05) is 42.5 Å². The number of aromatic nitrogens is 2. The summed E-state index contributed by atoms with van der Waals surface area (Å²) in [5, 5.41) is 2.27. The van der Waals surface area contributed by atoms with E-state index in [0.29, 0.717) is 5.95 Å². The van der Waals surface area contributed by atoms with Crippen molar-refractivity contribution < 1.29 is 9.53 Å². The van der Waals surface area contributed by atoms with Crippen LogP contribution in [-0.2, 0) is 16.1 Å². The predicted octanol–water partition coefficient (Wildman–Crippen LogP) is 3.73. The molecule has 0 saturated carbocycles. The molecule has 0 N–H and O–H groups in total. The van der Waals surface area contributed by atoms with Crippen LogP contribution in [0.1, 0.15) is 24.8 Å². The second-order valence-electron chi connectivity index (χ2n) is 6.50. The maximum atomic E-state index is 12.8. The Labute approximate surface area is 152 Å². The Morgan fingerprint density at radius 3 is 2.73 bits per heavy atom. The van der Waals surface area contributed by atoms with Crippen LogP contribution in [0.3, 0.4) is 0 Å². The number of esters is 1. The van der Waals surface area contributed by atoms with Gasteiger partial charge in [0.2, 0.25) is 5.95 Å². The van der Waals surface area contributed by atoms with Gasteiger partial charge in [0.25, 0.3) is 0 Å². The number of rotatable bonds is 4. The molecule has 1 aliphatic rings. The summed E-state index contributed by atoms with van der Waals surface area (Å²) in [6.45, 7) is 1.05. The Bertz CT molecular complexity index is 893. The number of carbonyl (C=O) groups excluding carboxylic acids is 1. The molecule has 0 spiro atoms. The quantitative estimate of drug-likeness (QED) is 0.673. The Morgan fingerprint density at radius 1 is 1.04 bits per heavy atom. The van der Waals surface area contributed by atoms with Gasteiger partial charge in [-0.25, -0.2) is 14.8 Å². The van der Waals surface area contributed by atoms with Crippen molar-refractivity contribution in [3.8, 4) is 0 Å². The fourth-order valence-electron chi connectivity index (χ4n) is 3.52. The highest BCUT2D eigenvalue weighted by Crippen LogP contribution is 2.24. The molecule has 132 valence electrons. The van der Waals surface area contributed by atoms with E-state index in [1.165, 1.54) is 0 Å². The summed E-state index contributed by atoms with van der Waals surface area (Å²) in [4.78, 5) is 23.3. The Balaban J connectivity index is 1.50. The second kappa shape index (κ2) is 7.52. The lowest BCUT2D eigenvalue weighted by Crippen LogP contribution is -2.46. The lowest BCUT2D eigenvalue weighted by molar-refractivity contribution is -0.147. The average molecular weight is 347 g/mol. The van der Waals surface area contributed by atoms with Gasteiger partial charge >= 0.3 is 5.97 Å². The van der Waals surface area contributed by atoms with E-state index >= 15 is 0 Å². The average Bonchev–Trinajstić information content (AvgIpc) is 2.72. The van der Waals surface area contributed by atoms with E-state index in [2.05, 4.69) is 28.2 Å². The standard InChI is InChI=1S/C21H21N3O2/c25-20(19-11-3-4-14-24(19)21-22-12-6-13-23-21)26-15-17-9-5-8-16-7-1-2-10-18(16)17/h1-2,5-10,12-13,19H,3-4,11,14-15H2. The molecular formula is C21H21N3O2. The zero-order valence-corrected chi connectivity index (χ0v) is 14.5. The molecule has 26 heavy (non-hydrogen) atoms. The molecule has 0 radical (unpaired) electrons. The molecule has 2 aromatic carbocycles. The van der Waals surface area contributed by atoms with E-state index in [0.717, 1.165) is 42.1 Å². The molecule has 4 rings (SSSR count). The van der Waals surface area contributed by atoms with Crippen LogP contribution >= 0.6 is 0 Å². The molecule has 1 fully saturated rings. The van der Waals surface area contributed by atoms with E-state index in [1.54, 1.807) is 18.5 Å². The molecule has 1 aliphatic heterocycles. The summed E-state index contributed by atoms with van der Waals surface area (Å²) in [7, 11) is 0. The maximum absolute atomic E-state index is 12.8. The van der Waals surface area contributed by atoms with Crippen molar-refractivity contribution in [1.29, 1.82) is 0 Å². The largest absolute Gasteiger partial charge is 0.459 e. The third-order valence-electron chi connectivity index (χ3n) is 4.83. The van der Waals surface area contributed by atoms with Crippen molar-refractivity contribution in [2.24, 2.45) is 0 Å². The van der Waals surface area contributed by atoms with Gasteiger partial charge in [0.15, 0.2) is 0 Å². The molecule has 0 amide bonds. The molecule has 5 nitrogen and oxygen atoms in total. The van der Waals surface area contributed by atoms with Gasteiger partial charge in [-0.05, 0) is 41.7 Å². The number of hydrogen-bond acceptors (Lipinski definition) is 5. The smallest absolute Gasteiger partial charge is 0.329 e. The number of anilines is 1. The fourth-order valence-corrected chi connectivity index (χ4v) is 3.52. The third-order valence-corrected chi connectivity index (χ3v) is 4.83. The Hall–Kier alpha value is -2.95. The van der Waals surface area contributed by atoms with Gasteiger partial charge in [0.05, 0.1) is 0 Å². The first-order valence-electron chi connectivity index (χ1n) is 9.00. The van der Waals surface area contributed by atoms with Crippen LogP contribution in [0.5, 0.6) is 0 Å². The zero-order chi connectivity index (χ0) is 17.8. The first kappa shape index (κ1) is 16.5. The fraction of sp³-hybridized carbons (Fsp3) is 0.286. The summed E-state index contributed by atoms with van der Waals surface area (Å²) < 4.78 is 5.69. The number of ether oxygens (including phenoxy) is 1. The van der Waals surface area contributed by atoms with Crippen LogP contribution < -0.4 is 4.90 Å². The number of piperidine rings is 1. The zero-order valence-electron chi connectivity index (χ0n) is 14.5. The molecule has 1 aromatic heterocycles. The van der Waals surface area contributed by atoms with Crippen molar-refractivity contribution in [2.45, 2.75) is 31.9 Å². The van der Waals surface area contributed by atoms with Crippen LogP contribution in [0.15, 0.2) is 60.9 Å². The SMILES string of the molecule is O=C(OCc1cccc2ccccc12)C1CCCCN1c1ncccn1. The van der Waals surface area contributed by atoms with Gasteiger partial charge in [-0.15, -0.1) is 0 Å². The van der Waals surface area contributed by atoms with E-state index in [4.69, 9.17) is 4.74 Å². The first-order valence-corrected chi connectivity index (χ1v) is 9.00. The number of nitrogens with zero attached hydrogens (tertiary/aromatic N) is 3. The van der Waals surface area contributed by atoms with Crippen molar-refractivity contribution >= 4 is 22.7 Å². The predicted molar refractivity (Wildman–Crippen MR) is 101 cm³/mol. The van der Waals surface area contributed by atoms with E-state index in [1.807, 2.05) is 29.2 Å². The van der Waals surface area contributed by atoms with Gasteiger partial charge in [0.1, 0.15) is 12.6 Å². The number of benzene rings is 2. The van der Waals surface area contributed by atoms with E-state index in [9.17, 15) is 4.79 Å². The molecule has 3 aromatic rings. The minimum absolute atomic E-state index is 0.204. The highest BCUT2D eigenvalue weighted by atomic mass is 16.5. The minimum Gasteiger partial charge on any atom is -0.459 e. The van der Waals surface area contributed by atoms with Crippen molar-refractivity contribution in [2.75, 3.05) is 11.4 Å². The molecular weight excluding hydrogens is 326 g/mol. The highest BCUT2D eigenvalue weighted by Gasteiger charge is 2.31. The molecule has 1 unspecified atom stereocenters. The van der Waals surface area contributed by atoms with E-state index < -0.39 is 0 Å². The van der Waals surface area contributed by atoms with Crippen molar-refractivity contribution in [3.63, 3.8) is 0 Å². The molecule has 0 aliphatic carbocycles. The van der Waals surface area contributed by atoms with Crippen molar-refractivity contribution in [3.05, 3.63) is 66.5 Å². The molecule has 2 heterocycles. The summed E-state index contributed by atoms with van der Waals surface area (Å²) in [6.07, 6.45) is 6.22. The lowest BCUT2D eigenvalue weighted by atomic mass is 10.0. The van der Waals surface area contributed by atoms with Crippen LogP contribution in [-0.4, -0.2) is 28.5 Å². The third kappa shape index (κ3) is 3.38. The van der Waals surface area contributed by atoms with E-state index in [-0.39, 0.29) is 18.6 Å². The van der Waals surface area contributed by atoms with Gasteiger partial charge in [-0.3, -0.25) is 0 Å². The summed E-state index contributed by atoms with van der Waals surface area (Å²) >= 11 is 0. The summed E-state index contributed by atoms with van der Waals surface area (Å²) in [6, 6.07) is 15.7. The number of carbonyl (C=O) groups is 1. The summed E-state index contributed by atoms with van der Waals surface area (Å²) in [5.41, 5.74) is 1.02. The Kier molecular flexibility index (Phi) is 4.78. The Morgan fingerprint density at radius 2 is 1.85 bits per heavy atom. The highest BCUT2D eigenvalue weighted by molar-refractivity contribution is 5.86. The van der Waals surface area contributed by atoms with Gasteiger partial charge < -0.3 is 9.64 Å². The normalized spacial score (nSPS) is 17.2. The van der Waals surface area contributed by atoms with Crippen LogP contribution in [0, 0.1) is 0 Å². The molecule has 1 saturated heterocycles. The number of hydrogen-bond donors (Lipinski definition) is 0. The molecule has 5 heteroatoms. The molecule has 0 bridgehead atoms. The minimum atomic E-state index is -0.318. The lowest BCUT2D eigenvalue weighted by Gasteiger charge is -2.33. The monoisotopic (exact) mass is 347 g/mol. The van der Waals surface area contributed by atoms with Crippen molar-refractivity contribution in [1.82, 2.24) is 9.97 Å². The first-order chi connectivity index (χ1) is 12.8. The summed E-state index contributed by atoms with van der Waals surface area (Å²) in [5.74, 6) is 0.393. The molecule has 1 atom stereocenters. The number of fused-ring (bicyclic) bond motifs is 1. The maximum Gasteiger partial charge on any atom is 0.329 e. The second-order valence-corrected chi connectivity index (χ2v) is 6.50. The van der Waals surface area contributed by atoms with Crippen LogP contribution in [0.4, 0.5) is 5.95 Å². The van der Waals surface area contributed by atoms with Gasteiger partial charge in [-0.2, -0.15) is 0 Å². The topological polar surface area (TPSA) is 55.3 Å². The van der Waals surface area contributed by atoms with Crippen LogP contribution in [0.2, 0.25) is 0 Å². The van der Waals surface area contributed by atoms with Gasteiger partial charge in [0, 0.05) is 18.9 Å².